The summed E-state index contributed by atoms with van der Waals surface area (Å²) in [6.07, 6.45) is 0.873. The molecule has 0 heterocycles. The lowest BCUT2D eigenvalue weighted by Crippen LogP contribution is -2.34. The van der Waals surface area contributed by atoms with Gasteiger partial charge in [0, 0.05) is 24.8 Å². The summed E-state index contributed by atoms with van der Waals surface area (Å²) in [5.74, 6) is 1.21. The molecule has 0 radical (unpaired) electrons. The van der Waals surface area contributed by atoms with E-state index in [4.69, 9.17) is 26.8 Å². The number of aliphatic imine (C=N–C) groups is 1. The molecular formula is C14H23ClIN3O2. The van der Waals surface area contributed by atoms with Crippen molar-refractivity contribution >= 4 is 41.5 Å². The Labute approximate surface area is 148 Å². The number of rotatable bonds is 9. The molecule has 0 spiro atoms. The van der Waals surface area contributed by atoms with Gasteiger partial charge in [-0.25, -0.2) is 0 Å². The van der Waals surface area contributed by atoms with E-state index in [0.717, 1.165) is 18.8 Å². The molecule has 0 saturated heterocycles. The van der Waals surface area contributed by atoms with Crippen LogP contribution >= 0.6 is 35.6 Å². The number of guanidine groups is 1. The van der Waals surface area contributed by atoms with Crippen LogP contribution in [0.4, 0.5) is 0 Å². The molecule has 0 unspecified atom stereocenters. The van der Waals surface area contributed by atoms with E-state index in [-0.39, 0.29) is 24.0 Å². The second kappa shape index (κ2) is 13.0. The van der Waals surface area contributed by atoms with Gasteiger partial charge in [0.25, 0.3) is 0 Å². The molecule has 5 nitrogen and oxygen atoms in total. The lowest BCUT2D eigenvalue weighted by Gasteiger charge is -2.08. The molecule has 0 aliphatic heterocycles. The van der Waals surface area contributed by atoms with Gasteiger partial charge in [0.05, 0.1) is 6.54 Å². The Balaban J connectivity index is 0.00000400. The van der Waals surface area contributed by atoms with Gasteiger partial charge in [-0.05, 0) is 37.6 Å². The fraction of sp³-hybridized carbons (Fsp3) is 0.500. The van der Waals surface area contributed by atoms with Gasteiger partial charge in [-0.3, -0.25) is 4.99 Å². The minimum Gasteiger partial charge on any atom is -0.492 e. The van der Waals surface area contributed by atoms with Crippen molar-refractivity contribution in [2.45, 2.75) is 13.3 Å². The second-order valence-electron chi connectivity index (χ2n) is 4.05. The second-order valence-corrected chi connectivity index (χ2v) is 4.48. The van der Waals surface area contributed by atoms with Gasteiger partial charge in [-0.15, -0.1) is 24.0 Å². The van der Waals surface area contributed by atoms with Crippen molar-refractivity contribution < 1.29 is 9.47 Å². The Morgan fingerprint density at radius 2 is 2.00 bits per heavy atom. The minimum atomic E-state index is 0. The summed E-state index contributed by atoms with van der Waals surface area (Å²) >= 11 is 5.79. The van der Waals surface area contributed by atoms with Crippen LogP contribution in [0.1, 0.15) is 13.3 Å². The highest BCUT2D eigenvalue weighted by Crippen LogP contribution is 2.14. The maximum absolute atomic E-state index is 5.79. The van der Waals surface area contributed by atoms with E-state index in [1.807, 2.05) is 19.1 Å². The number of nitrogens with two attached hydrogens (primary N) is 1. The third kappa shape index (κ3) is 10.6. The molecule has 21 heavy (non-hydrogen) atoms. The highest BCUT2D eigenvalue weighted by molar-refractivity contribution is 14.0. The number of nitrogens with one attached hydrogen (secondary N) is 1. The first kappa shape index (κ1) is 20.3. The number of nitrogens with zero attached hydrogens (tertiary/aromatic N) is 1. The molecular weight excluding hydrogens is 405 g/mol. The SMILES string of the molecule is CCOCCCN=C(N)NCCOc1ccc(Cl)cc1.I. The van der Waals surface area contributed by atoms with Gasteiger partial charge in [0.1, 0.15) is 12.4 Å². The summed E-state index contributed by atoms with van der Waals surface area (Å²) in [7, 11) is 0. The van der Waals surface area contributed by atoms with Gasteiger partial charge in [-0.1, -0.05) is 11.6 Å². The molecule has 1 aromatic carbocycles. The van der Waals surface area contributed by atoms with E-state index in [9.17, 15) is 0 Å². The molecule has 0 aromatic heterocycles. The van der Waals surface area contributed by atoms with Gasteiger partial charge in [-0.2, -0.15) is 0 Å². The zero-order chi connectivity index (χ0) is 14.6. The van der Waals surface area contributed by atoms with Crippen molar-refractivity contribution in [1.29, 1.82) is 0 Å². The molecule has 7 heteroatoms. The van der Waals surface area contributed by atoms with Crippen LogP contribution in [0.3, 0.4) is 0 Å². The number of halogens is 2. The van der Waals surface area contributed by atoms with Crippen LogP contribution in [0.25, 0.3) is 0 Å². The quantitative estimate of drug-likeness (QED) is 0.275. The Bertz CT molecular complexity index is 402. The van der Waals surface area contributed by atoms with E-state index >= 15 is 0 Å². The van der Waals surface area contributed by atoms with E-state index in [0.29, 0.717) is 37.3 Å². The van der Waals surface area contributed by atoms with Crippen molar-refractivity contribution in [2.75, 3.05) is 32.9 Å². The summed E-state index contributed by atoms with van der Waals surface area (Å²) < 4.78 is 10.7. The minimum absolute atomic E-state index is 0. The molecule has 3 N–H and O–H groups in total. The van der Waals surface area contributed by atoms with Crippen LogP contribution in [0.5, 0.6) is 5.75 Å². The van der Waals surface area contributed by atoms with Crippen LogP contribution in [0.2, 0.25) is 5.02 Å². The zero-order valence-corrected chi connectivity index (χ0v) is 15.3. The summed E-state index contributed by atoms with van der Waals surface area (Å²) in [6.45, 7) is 5.20. The van der Waals surface area contributed by atoms with Crippen molar-refractivity contribution in [3.8, 4) is 5.75 Å². The van der Waals surface area contributed by atoms with Gasteiger partial charge in [0.2, 0.25) is 0 Å². The standard InChI is InChI=1S/C14H22ClN3O2.HI/c1-2-19-10-3-8-17-14(16)18-9-11-20-13-6-4-12(15)5-7-13;/h4-7H,2-3,8-11H2,1H3,(H3,16,17,18);1H. The lowest BCUT2D eigenvalue weighted by atomic mass is 10.3. The molecule has 0 saturated carbocycles. The Hall–Kier alpha value is -0.730. The van der Waals surface area contributed by atoms with E-state index in [1.165, 1.54) is 0 Å². The largest absolute Gasteiger partial charge is 0.492 e. The first-order valence-electron chi connectivity index (χ1n) is 6.72. The molecule has 0 amide bonds. The third-order valence-electron chi connectivity index (χ3n) is 2.42. The van der Waals surface area contributed by atoms with E-state index in [2.05, 4.69) is 10.3 Å². The molecule has 0 aliphatic carbocycles. The summed E-state index contributed by atoms with van der Waals surface area (Å²) in [4.78, 5) is 4.18. The van der Waals surface area contributed by atoms with Crippen molar-refractivity contribution in [1.82, 2.24) is 5.32 Å². The first-order valence-corrected chi connectivity index (χ1v) is 7.10. The molecule has 1 aromatic rings. The fourth-order valence-corrected chi connectivity index (χ4v) is 1.57. The van der Waals surface area contributed by atoms with Crippen LogP contribution in [0.15, 0.2) is 29.3 Å². The van der Waals surface area contributed by atoms with Crippen LogP contribution < -0.4 is 15.8 Å². The lowest BCUT2D eigenvalue weighted by molar-refractivity contribution is 0.146. The van der Waals surface area contributed by atoms with Gasteiger partial charge in [0.15, 0.2) is 5.96 Å². The van der Waals surface area contributed by atoms with E-state index in [1.54, 1.807) is 12.1 Å². The molecule has 120 valence electrons. The molecule has 0 aliphatic rings. The van der Waals surface area contributed by atoms with E-state index < -0.39 is 0 Å². The Morgan fingerprint density at radius 3 is 2.67 bits per heavy atom. The number of benzene rings is 1. The summed E-state index contributed by atoms with van der Waals surface area (Å²) in [6, 6.07) is 7.23. The van der Waals surface area contributed by atoms with Crippen molar-refractivity contribution in [3.05, 3.63) is 29.3 Å². The Morgan fingerprint density at radius 1 is 1.29 bits per heavy atom. The third-order valence-corrected chi connectivity index (χ3v) is 2.68. The number of hydrogen-bond donors (Lipinski definition) is 2. The maximum atomic E-state index is 5.79. The zero-order valence-electron chi connectivity index (χ0n) is 12.2. The number of ether oxygens (including phenoxy) is 2. The van der Waals surface area contributed by atoms with Crippen LogP contribution in [-0.4, -0.2) is 38.9 Å². The average Bonchev–Trinajstić information content (AvgIpc) is 2.45. The van der Waals surface area contributed by atoms with Crippen LogP contribution in [0, 0.1) is 0 Å². The maximum Gasteiger partial charge on any atom is 0.188 e. The summed E-state index contributed by atoms with van der Waals surface area (Å²) in [5, 5.41) is 3.68. The number of hydrogen-bond acceptors (Lipinski definition) is 3. The normalized spacial score (nSPS) is 10.9. The molecule has 0 bridgehead atoms. The highest BCUT2D eigenvalue weighted by atomic mass is 127. The monoisotopic (exact) mass is 427 g/mol. The highest BCUT2D eigenvalue weighted by Gasteiger charge is 1.95. The van der Waals surface area contributed by atoms with Crippen molar-refractivity contribution in [2.24, 2.45) is 10.7 Å². The Kier molecular flexibility index (Phi) is 12.5. The van der Waals surface area contributed by atoms with Crippen molar-refractivity contribution in [3.63, 3.8) is 0 Å². The molecule has 1 rings (SSSR count). The predicted octanol–water partition coefficient (Wildman–Crippen LogP) is 2.67. The van der Waals surface area contributed by atoms with Gasteiger partial charge >= 0.3 is 0 Å². The predicted molar refractivity (Wildman–Crippen MR) is 98.0 cm³/mol. The average molecular weight is 428 g/mol. The molecule has 0 atom stereocenters. The first-order chi connectivity index (χ1) is 9.72. The summed E-state index contributed by atoms with van der Waals surface area (Å²) in [5.41, 5.74) is 5.71. The van der Waals surface area contributed by atoms with Gasteiger partial charge < -0.3 is 20.5 Å². The fourth-order valence-electron chi connectivity index (χ4n) is 1.45. The smallest absolute Gasteiger partial charge is 0.188 e. The van der Waals surface area contributed by atoms with Crippen LogP contribution in [-0.2, 0) is 4.74 Å². The topological polar surface area (TPSA) is 68.9 Å². The molecule has 0 fully saturated rings.